The van der Waals surface area contributed by atoms with Crippen LogP contribution in [0, 0.1) is 0 Å². The van der Waals surface area contributed by atoms with Gasteiger partial charge in [-0.1, -0.05) is 12.1 Å². The van der Waals surface area contributed by atoms with Gasteiger partial charge in [0.1, 0.15) is 19.0 Å². The van der Waals surface area contributed by atoms with E-state index in [-0.39, 0.29) is 12.1 Å². The molecule has 1 atom stereocenters. The van der Waals surface area contributed by atoms with E-state index in [1.807, 2.05) is 38.1 Å². The molecule has 0 spiro atoms. The normalized spacial score (nSPS) is 14.2. The Labute approximate surface area is 155 Å². The lowest BCUT2D eigenvalue weighted by molar-refractivity contribution is 0.165. The Morgan fingerprint density at radius 2 is 1.88 bits per heavy atom. The largest absolute Gasteiger partial charge is 0.493 e. The number of nitrogens with one attached hydrogen (secondary N) is 1. The first-order valence-corrected chi connectivity index (χ1v) is 9.03. The molecule has 3 rings (SSSR count). The minimum absolute atomic E-state index is 0.165. The third kappa shape index (κ3) is 4.41. The van der Waals surface area contributed by atoms with E-state index in [2.05, 4.69) is 24.4 Å². The first-order valence-electron chi connectivity index (χ1n) is 9.03. The zero-order chi connectivity index (χ0) is 18.5. The van der Waals surface area contributed by atoms with Crippen molar-refractivity contribution in [2.45, 2.75) is 39.5 Å². The zero-order valence-corrected chi connectivity index (χ0v) is 15.9. The summed E-state index contributed by atoms with van der Waals surface area (Å²) in [6.07, 6.45) is 0.165. The Bertz CT molecular complexity index is 728. The number of rotatable bonds is 7. The van der Waals surface area contributed by atoms with Crippen molar-refractivity contribution in [3.05, 3.63) is 47.5 Å². The highest BCUT2D eigenvalue weighted by atomic mass is 16.6. The molecule has 0 amide bonds. The van der Waals surface area contributed by atoms with Gasteiger partial charge in [-0.3, -0.25) is 0 Å². The predicted octanol–water partition coefficient (Wildman–Crippen LogP) is 4.10. The van der Waals surface area contributed by atoms with Gasteiger partial charge < -0.3 is 24.3 Å². The minimum atomic E-state index is 0.165. The van der Waals surface area contributed by atoms with Crippen LogP contribution in [0.4, 0.5) is 0 Å². The number of fused-ring (bicyclic) bond motifs is 1. The van der Waals surface area contributed by atoms with Gasteiger partial charge in [0.2, 0.25) is 5.75 Å². The predicted molar refractivity (Wildman–Crippen MR) is 101 cm³/mol. The molecule has 0 saturated heterocycles. The summed E-state index contributed by atoms with van der Waals surface area (Å²) in [4.78, 5) is 0. The van der Waals surface area contributed by atoms with Crippen molar-refractivity contribution in [2.75, 3.05) is 20.3 Å². The molecule has 1 aliphatic heterocycles. The molecule has 0 fully saturated rings. The van der Waals surface area contributed by atoms with E-state index >= 15 is 0 Å². The highest BCUT2D eigenvalue weighted by molar-refractivity contribution is 5.54. The minimum Gasteiger partial charge on any atom is -0.493 e. The monoisotopic (exact) mass is 357 g/mol. The van der Waals surface area contributed by atoms with Gasteiger partial charge in [-0.25, -0.2) is 0 Å². The van der Waals surface area contributed by atoms with Crippen LogP contribution in [0.1, 0.15) is 37.9 Å². The van der Waals surface area contributed by atoms with Crippen molar-refractivity contribution in [3.63, 3.8) is 0 Å². The average molecular weight is 357 g/mol. The Morgan fingerprint density at radius 1 is 1.08 bits per heavy atom. The molecular formula is C21H27NO4. The number of methoxy groups -OCH3 is 1. The Balaban J connectivity index is 1.69. The smallest absolute Gasteiger partial charge is 0.203 e. The molecule has 1 aliphatic rings. The van der Waals surface area contributed by atoms with Crippen LogP contribution in [0.25, 0.3) is 0 Å². The van der Waals surface area contributed by atoms with Crippen LogP contribution in [0.15, 0.2) is 36.4 Å². The molecule has 5 nitrogen and oxygen atoms in total. The fraction of sp³-hybridized carbons (Fsp3) is 0.429. The second kappa shape index (κ2) is 8.32. The molecule has 0 saturated carbocycles. The number of hydrogen-bond donors (Lipinski definition) is 1. The van der Waals surface area contributed by atoms with Gasteiger partial charge in [-0.15, -0.1) is 0 Å². The van der Waals surface area contributed by atoms with Crippen LogP contribution in [0.2, 0.25) is 0 Å². The van der Waals surface area contributed by atoms with Crippen LogP contribution in [0.5, 0.6) is 23.0 Å². The van der Waals surface area contributed by atoms with Crippen LogP contribution >= 0.6 is 0 Å². The van der Waals surface area contributed by atoms with Crippen molar-refractivity contribution in [1.82, 2.24) is 5.32 Å². The molecule has 1 unspecified atom stereocenters. The first-order chi connectivity index (χ1) is 12.6. The fourth-order valence-corrected chi connectivity index (χ4v) is 2.95. The van der Waals surface area contributed by atoms with Gasteiger partial charge in [-0.05, 0) is 56.2 Å². The van der Waals surface area contributed by atoms with Crippen molar-refractivity contribution in [3.8, 4) is 23.0 Å². The topological polar surface area (TPSA) is 49.0 Å². The molecule has 0 aliphatic carbocycles. The summed E-state index contributed by atoms with van der Waals surface area (Å²) in [6.45, 7) is 8.01. The fourth-order valence-electron chi connectivity index (χ4n) is 2.95. The van der Waals surface area contributed by atoms with Crippen LogP contribution in [-0.4, -0.2) is 26.4 Å². The molecular weight excluding hydrogens is 330 g/mol. The molecule has 1 N–H and O–H groups in total. The maximum absolute atomic E-state index is 5.79. The number of hydrogen-bond acceptors (Lipinski definition) is 5. The lowest BCUT2D eigenvalue weighted by Crippen LogP contribution is -2.20. The third-order valence-corrected chi connectivity index (χ3v) is 4.23. The highest BCUT2D eigenvalue weighted by Gasteiger charge is 2.18. The standard InChI is InChI=1S/C21H27NO4/c1-14(2)26-18-7-5-6-17(12-18)15(3)22-13-16-10-19(23-4)21-20(11-16)24-8-9-25-21/h5-7,10-12,14-15,22H,8-9,13H2,1-4H3. The first kappa shape index (κ1) is 18.4. The van der Waals surface area contributed by atoms with E-state index in [9.17, 15) is 0 Å². The molecule has 26 heavy (non-hydrogen) atoms. The van der Waals surface area contributed by atoms with Crippen molar-refractivity contribution in [2.24, 2.45) is 0 Å². The Morgan fingerprint density at radius 3 is 2.65 bits per heavy atom. The van der Waals surface area contributed by atoms with E-state index in [0.29, 0.717) is 31.3 Å². The van der Waals surface area contributed by atoms with Gasteiger partial charge in [0.25, 0.3) is 0 Å². The molecule has 0 aromatic heterocycles. The van der Waals surface area contributed by atoms with Gasteiger partial charge in [0, 0.05) is 12.6 Å². The van der Waals surface area contributed by atoms with Crippen LogP contribution in [-0.2, 0) is 6.54 Å². The van der Waals surface area contributed by atoms with Crippen molar-refractivity contribution in [1.29, 1.82) is 0 Å². The van der Waals surface area contributed by atoms with E-state index in [1.54, 1.807) is 7.11 Å². The summed E-state index contributed by atoms with van der Waals surface area (Å²) >= 11 is 0. The third-order valence-electron chi connectivity index (χ3n) is 4.23. The second-order valence-electron chi connectivity index (χ2n) is 6.66. The van der Waals surface area contributed by atoms with Crippen molar-refractivity contribution < 1.29 is 18.9 Å². The maximum Gasteiger partial charge on any atom is 0.203 e. The lowest BCUT2D eigenvalue weighted by atomic mass is 10.1. The van der Waals surface area contributed by atoms with E-state index in [0.717, 1.165) is 17.1 Å². The maximum atomic E-state index is 5.79. The molecule has 2 aromatic carbocycles. The molecule has 5 heteroatoms. The SMILES string of the molecule is COc1cc(CNC(C)c2cccc(OC(C)C)c2)cc2c1OCCO2. The van der Waals surface area contributed by atoms with Crippen molar-refractivity contribution >= 4 is 0 Å². The number of ether oxygens (including phenoxy) is 4. The summed E-state index contributed by atoms with van der Waals surface area (Å²) in [7, 11) is 1.65. The second-order valence-corrected chi connectivity index (χ2v) is 6.66. The Hall–Kier alpha value is -2.40. The van der Waals surface area contributed by atoms with E-state index in [1.165, 1.54) is 5.56 Å². The van der Waals surface area contributed by atoms with Crippen LogP contribution in [0.3, 0.4) is 0 Å². The summed E-state index contributed by atoms with van der Waals surface area (Å²) in [5.74, 6) is 3.03. The molecule has 140 valence electrons. The zero-order valence-electron chi connectivity index (χ0n) is 15.9. The summed E-state index contributed by atoms with van der Waals surface area (Å²) in [5, 5.41) is 3.55. The molecule has 0 radical (unpaired) electrons. The quantitative estimate of drug-likeness (QED) is 0.808. The van der Waals surface area contributed by atoms with Gasteiger partial charge in [-0.2, -0.15) is 0 Å². The summed E-state index contributed by atoms with van der Waals surface area (Å²) < 4.78 is 22.6. The summed E-state index contributed by atoms with van der Waals surface area (Å²) in [5.41, 5.74) is 2.28. The molecule has 2 aromatic rings. The molecule has 0 bridgehead atoms. The van der Waals surface area contributed by atoms with Gasteiger partial charge >= 0.3 is 0 Å². The van der Waals surface area contributed by atoms with Crippen LogP contribution < -0.4 is 24.3 Å². The number of benzene rings is 2. The lowest BCUT2D eigenvalue weighted by Gasteiger charge is -2.22. The van der Waals surface area contributed by atoms with Gasteiger partial charge in [0.05, 0.1) is 13.2 Å². The van der Waals surface area contributed by atoms with E-state index in [4.69, 9.17) is 18.9 Å². The highest BCUT2D eigenvalue weighted by Crippen LogP contribution is 2.40. The summed E-state index contributed by atoms with van der Waals surface area (Å²) in [6, 6.07) is 12.4. The van der Waals surface area contributed by atoms with Gasteiger partial charge in [0.15, 0.2) is 11.5 Å². The molecule has 1 heterocycles. The Kier molecular flexibility index (Phi) is 5.89. The average Bonchev–Trinajstić information content (AvgIpc) is 2.65. The van der Waals surface area contributed by atoms with E-state index < -0.39 is 0 Å².